The molecular formula is C29H33FN2O4. The number of carbonyl (C=O) groups excluding carboxylic acids is 2. The number of benzene rings is 1. The van der Waals surface area contributed by atoms with Gasteiger partial charge in [0.25, 0.3) is 0 Å². The fourth-order valence-electron chi connectivity index (χ4n) is 6.64. The van der Waals surface area contributed by atoms with Gasteiger partial charge in [0.2, 0.25) is 0 Å². The molecule has 2 aliphatic carbocycles. The SMILES string of the molecule is CCOC(=O)N[C@H]1CC[C@@H]2[C@H](C1)C[C@H]1C(=O)O[C@H](C)[C@H]1[C@H]2/C=C/c1ccc(-c2cccc(F)c2)cn1. The quantitative estimate of drug-likeness (QED) is 0.548. The number of carbonyl (C=O) groups is 2. The van der Waals surface area contributed by atoms with E-state index in [1.165, 1.54) is 12.1 Å². The van der Waals surface area contributed by atoms with Gasteiger partial charge in [0.15, 0.2) is 0 Å². The number of aromatic nitrogens is 1. The Labute approximate surface area is 211 Å². The summed E-state index contributed by atoms with van der Waals surface area (Å²) in [6, 6.07) is 10.4. The number of nitrogens with one attached hydrogen (secondary N) is 1. The summed E-state index contributed by atoms with van der Waals surface area (Å²) in [6.07, 6.45) is 9.07. The van der Waals surface area contributed by atoms with Gasteiger partial charge in [-0.2, -0.15) is 0 Å². The third-order valence-corrected chi connectivity index (χ3v) is 8.18. The first kappa shape index (κ1) is 24.5. The zero-order chi connectivity index (χ0) is 25.2. The first-order valence-electron chi connectivity index (χ1n) is 13.0. The van der Waals surface area contributed by atoms with Gasteiger partial charge in [-0.25, -0.2) is 9.18 Å². The average Bonchev–Trinajstić information content (AvgIpc) is 3.15. The zero-order valence-electron chi connectivity index (χ0n) is 20.7. The predicted octanol–water partition coefficient (Wildman–Crippen LogP) is 5.63. The van der Waals surface area contributed by atoms with Crippen molar-refractivity contribution >= 4 is 18.1 Å². The van der Waals surface area contributed by atoms with Crippen LogP contribution in [-0.2, 0) is 14.3 Å². The average molecular weight is 493 g/mol. The van der Waals surface area contributed by atoms with Crippen LogP contribution in [0.2, 0.25) is 0 Å². The Morgan fingerprint density at radius 2 is 2.08 bits per heavy atom. The summed E-state index contributed by atoms with van der Waals surface area (Å²) in [7, 11) is 0. The molecule has 0 radical (unpaired) electrons. The van der Waals surface area contributed by atoms with E-state index in [4.69, 9.17) is 9.47 Å². The number of nitrogens with zero attached hydrogens (tertiary/aromatic N) is 1. The largest absolute Gasteiger partial charge is 0.462 e. The van der Waals surface area contributed by atoms with E-state index in [1.807, 2.05) is 31.2 Å². The number of ether oxygens (including phenoxy) is 2. The van der Waals surface area contributed by atoms with Gasteiger partial charge >= 0.3 is 12.1 Å². The van der Waals surface area contributed by atoms with Crippen molar-refractivity contribution in [2.75, 3.05) is 6.61 Å². The molecule has 7 heteroatoms. The Hall–Kier alpha value is -3.22. The van der Waals surface area contributed by atoms with E-state index in [0.29, 0.717) is 18.4 Å². The highest BCUT2D eigenvalue weighted by Gasteiger charge is 2.54. The number of halogens is 1. The number of amides is 1. The van der Waals surface area contributed by atoms with Crippen molar-refractivity contribution in [1.29, 1.82) is 0 Å². The van der Waals surface area contributed by atoms with Gasteiger partial charge in [0, 0.05) is 23.7 Å². The Kier molecular flexibility index (Phi) is 7.08. The third-order valence-electron chi connectivity index (χ3n) is 8.18. The lowest BCUT2D eigenvalue weighted by Gasteiger charge is -2.47. The monoisotopic (exact) mass is 492 g/mol. The molecule has 0 unspecified atom stereocenters. The number of esters is 1. The first-order chi connectivity index (χ1) is 17.4. The number of fused-ring (bicyclic) bond motifs is 2. The molecule has 1 aliphatic heterocycles. The smallest absolute Gasteiger partial charge is 0.407 e. The summed E-state index contributed by atoms with van der Waals surface area (Å²) in [4.78, 5) is 29.2. The standard InChI is InChI=1S/C29H33FN2O4/c1-3-35-29(34)32-23-10-11-24-20(14-23)15-26-27(17(2)36-28(26)33)25(24)12-9-22-8-7-19(16-31-22)18-5-4-6-21(30)13-18/h4-9,12-13,16-17,20,23-27H,3,10-11,14-15H2,1-2H3,(H,32,34)/b12-9+/t17-,20-,23+,24-,25+,26-,27+/m1/s1. The lowest BCUT2D eigenvalue weighted by Crippen LogP contribution is -2.48. The molecule has 0 spiro atoms. The van der Waals surface area contributed by atoms with Crippen LogP contribution in [-0.4, -0.2) is 35.8 Å². The number of allylic oxidation sites excluding steroid dienone is 1. The molecule has 7 atom stereocenters. The molecule has 3 aliphatic rings. The highest BCUT2D eigenvalue weighted by atomic mass is 19.1. The molecule has 0 bridgehead atoms. The highest BCUT2D eigenvalue weighted by Crippen LogP contribution is 2.53. The molecule has 1 amide bonds. The second-order valence-electron chi connectivity index (χ2n) is 10.3. The van der Waals surface area contributed by atoms with E-state index >= 15 is 0 Å². The van der Waals surface area contributed by atoms with Gasteiger partial charge in [-0.3, -0.25) is 9.78 Å². The van der Waals surface area contributed by atoms with Gasteiger partial charge in [-0.15, -0.1) is 0 Å². The maximum Gasteiger partial charge on any atom is 0.407 e. The fraction of sp³-hybridized carbons (Fsp3) is 0.483. The minimum Gasteiger partial charge on any atom is -0.462 e. The van der Waals surface area contributed by atoms with Gasteiger partial charge in [0.1, 0.15) is 11.9 Å². The van der Waals surface area contributed by atoms with Crippen LogP contribution in [0.15, 0.2) is 48.7 Å². The lowest BCUT2D eigenvalue weighted by molar-refractivity contribution is -0.144. The van der Waals surface area contributed by atoms with E-state index < -0.39 is 0 Å². The molecule has 1 aromatic heterocycles. The van der Waals surface area contributed by atoms with E-state index in [2.05, 4.69) is 16.4 Å². The number of pyridine rings is 1. The maximum absolute atomic E-state index is 13.6. The molecule has 190 valence electrons. The molecule has 2 heterocycles. The van der Waals surface area contributed by atoms with E-state index in [1.54, 1.807) is 19.2 Å². The molecule has 1 saturated heterocycles. The van der Waals surface area contributed by atoms with Crippen molar-refractivity contribution in [3.05, 3.63) is 60.2 Å². The van der Waals surface area contributed by atoms with Gasteiger partial charge in [0.05, 0.1) is 18.2 Å². The van der Waals surface area contributed by atoms with Crippen molar-refractivity contribution in [3.63, 3.8) is 0 Å². The number of alkyl carbamates (subject to hydrolysis) is 1. The van der Waals surface area contributed by atoms with Crippen molar-refractivity contribution in [2.24, 2.45) is 29.6 Å². The number of hydrogen-bond acceptors (Lipinski definition) is 5. The topological polar surface area (TPSA) is 77.5 Å². The summed E-state index contributed by atoms with van der Waals surface area (Å²) in [5.41, 5.74) is 2.48. The van der Waals surface area contributed by atoms with Gasteiger partial charge in [-0.05, 0) is 87.1 Å². The normalized spacial score (nSPS) is 31.4. The maximum atomic E-state index is 13.6. The molecular weight excluding hydrogens is 459 g/mol. The van der Waals surface area contributed by atoms with E-state index in [-0.39, 0.29) is 47.8 Å². The fourth-order valence-corrected chi connectivity index (χ4v) is 6.64. The Morgan fingerprint density at radius 1 is 1.22 bits per heavy atom. The Morgan fingerprint density at radius 3 is 2.83 bits per heavy atom. The summed E-state index contributed by atoms with van der Waals surface area (Å²) in [5, 5.41) is 3.00. The first-order valence-corrected chi connectivity index (χ1v) is 13.0. The molecule has 6 nitrogen and oxygen atoms in total. The summed E-state index contributed by atoms with van der Waals surface area (Å²) < 4.78 is 24.3. The zero-order valence-corrected chi connectivity index (χ0v) is 20.7. The Balaban J connectivity index is 1.34. The van der Waals surface area contributed by atoms with Crippen LogP contribution in [0.5, 0.6) is 0 Å². The second kappa shape index (κ2) is 10.4. The van der Waals surface area contributed by atoms with Crippen molar-refractivity contribution < 1.29 is 23.5 Å². The molecule has 1 aromatic carbocycles. The molecule has 5 rings (SSSR count). The van der Waals surface area contributed by atoms with Crippen molar-refractivity contribution in [3.8, 4) is 11.1 Å². The van der Waals surface area contributed by atoms with Crippen LogP contribution in [0.25, 0.3) is 17.2 Å². The van der Waals surface area contributed by atoms with Gasteiger partial charge in [-0.1, -0.05) is 24.3 Å². The van der Waals surface area contributed by atoms with Crippen molar-refractivity contribution in [2.45, 2.75) is 51.7 Å². The number of hydrogen-bond donors (Lipinski definition) is 1. The highest BCUT2D eigenvalue weighted by molar-refractivity contribution is 5.75. The molecule has 1 N–H and O–H groups in total. The Bertz CT molecular complexity index is 1130. The molecule has 2 saturated carbocycles. The van der Waals surface area contributed by atoms with Crippen LogP contribution in [0.4, 0.5) is 9.18 Å². The molecule has 2 aromatic rings. The van der Waals surface area contributed by atoms with Crippen LogP contribution in [0, 0.1) is 35.4 Å². The lowest BCUT2D eigenvalue weighted by atomic mass is 9.57. The van der Waals surface area contributed by atoms with Crippen LogP contribution in [0.3, 0.4) is 0 Å². The minimum absolute atomic E-state index is 0.0679. The van der Waals surface area contributed by atoms with E-state index in [9.17, 15) is 14.0 Å². The van der Waals surface area contributed by atoms with Gasteiger partial charge < -0.3 is 14.8 Å². The minimum atomic E-state index is -0.368. The summed E-state index contributed by atoms with van der Waals surface area (Å²) in [6.45, 7) is 4.15. The second-order valence-corrected chi connectivity index (χ2v) is 10.3. The summed E-state index contributed by atoms with van der Waals surface area (Å²) >= 11 is 0. The number of rotatable bonds is 5. The van der Waals surface area contributed by atoms with Crippen LogP contribution < -0.4 is 5.32 Å². The summed E-state index contributed by atoms with van der Waals surface area (Å²) in [5.74, 6) is 0.629. The van der Waals surface area contributed by atoms with Crippen molar-refractivity contribution in [1.82, 2.24) is 10.3 Å². The molecule has 36 heavy (non-hydrogen) atoms. The van der Waals surface area contributed by atoms with Crippen LogP contribution >= 0.6 is 0 Å². The third kappa shape index (κ3) is 5.01. The number of cyclic esters (lactones) is 1. The predicted molar refractivity (Wildman–Crippen MR) is 134 cm³/mol. The van der Waals surface area contributed by atoms with E-state index in [0.717, 1.165) is 42.5 Å². The van der Waals surface area contributed by atoms with Crippen LogP contribution in [0.1, 0.15) is 45.2 Å². The molecule has 3 fully saturated rings.